The van der Waals surface area contributed by atoms with Gasteiger partial charge in [-0.3, -0.25) is 9.89 Å². The average Bonchev–Trinajstić information content (AvgIpc) is 3.34. The number of aliphatic hydroxyl groups excluding tert-OH is 1. The van der Waals surface area contributed by atoms with E-state index in [4.69, 9.17) is 4.74 Å². The topological polar surface area (TPSA) is 69.1 Å². The number of aliphatic imine (C=N–C) groups is 1. The Labute approximate surface area is 203 Å². The third-order valence-corrected chi connectivity index (χ3v) is 5.78. The van der Waals surface area contributed by atoms with E-state index in [1.54, 1.807) is 14.2 Å². The lowest BCUT2D eigenvalue weighted by Gasteiger charge is -2.29. The first-order valence-corrected chi connectivity index (χ1v) is 10.7. The number of ether oxygens (including phenoxy) is 1. The molecule has 1 heterocycles. The van der Waals surface area contributed by atoms with E-state index in [9.17, 15) is 5.11 Å². The fraction of sp³-hybridized carbons (Fsp3) is 0.458. The Morgan fingerprint density at radius 2 is 1.65 bits per heavy atom. The monoisotopic (exact) mass is 538 g/mol. The van der Waals surface area contributed by atoms with Gasteiger partial charge in [0.25, 0.3) is 0 Å². The van der Waals surface area contributed by atoms with Crippen LogP contribution < -0.4 is 15.4 Å². The highest BCUT2D eigenvalue weighted by Crippen LogP contribution is 2.26. The molecule has 1 saturated heterocycles. The van der Waals surface area contributed by atoms with Crippen LogP contribution in [0.25, 0.3) is 0 Å². The van der Waals surface area contributed by atoms with Crippen molar-refractivity contribution in [3.05, 3.63) is 65.7 Å². The van der Waals surface area contributed by atoms with Crippen molar-refractivity contribution in [2.45, 2.75) is 24.8 Å². The fourth-order valence-electron chi connectivity index (χ4n) is 3.98. The number of methoxy groups -OCH3 is 1. The molecule has 0 aromatic heterocycles. The number of nitrogens with one attached hydrogen (secondary N) is 2. The number of benzene rings is 2. The number of likely N-dealkylation sites (tertiary alicyclic amines) is 1. The summed E-state index contributed by atoms with van der Waals surface area (Å²) in [4.78, 5) is 6.91. The molecule has 7 heteroatoms. The smallest absolute Gasteiger partial charge is 0.191 e. The second kappa shape index (κ2) is 13.5. The average molecular weight is 538 g/mol. The zero-order chi connectivity index (χ0) is 21.2. The second-order valence-corrected chi connectivity index (χ2v) is 7.66. The van der Waals surface area contributed by atoms with E-state index in [2.05, 4.69) is 32.7 Å². The molecule has 0 aliphatic carbocycles. The van der Waals surface area contributed by atoms with Crippen molar-refractivity contribution in [2.75, 3.05) is 46.9 Å². The standard InChI is InChI=1S/C24H34N4O2.HI/c1-25-24(26-16-21(18-29)19-8-4-3-5-9-19)27-17-23(28-14-6-7-15-28)20-10-12-22(30-2)13-11-20;/h3-5,8-13,21,23,29H,6-7,14-18H2,1-2H3,(H2,25,26,27);1H. The van der Waals surface area contributed by atoms with Crippen molar-refractivity contribution in [3.63, 3.8) is 0 Å². The zero-order valence-electron chi connectivity index (χ0n) is 18.5. The molecule has 1 aliphatic heterocycles. The normalized spacial score (nSPS) is 16.3. The van der Waals surface area contributed by atoms with E-state index in [0.717, 1.165) is 36.9 Å². The molecule has 2 atom stereocenters. The van der Waals surface area contributed by atoms with Gasteiger partial charge in [-0.2, -0.15) is 0 Å². The van der Waals surface area contributed by atoms with Gasteiger partial charge in [0.2, 0.25) is 0 Å². The SMILES string of the molecule is CN=C(NCC(CO)c1ccccc1)NCC(c1ccc(OC)cc1)N1CCCC1.I. The molecule has 170 valence electrons. The van der Waals surface area contributed by atoms with E-state index in [1.165, 1.54) is 18.4 Å². The Hall–Kier alpha value is -1.84. The minimum atomic E-state index is 0. The second-order valence-electron chi connectivity index (χ2n) is 7.66. The maximum absolute atomic E-state index is 9.80. The molecule has 3 N–H and O–H groups in total. The van der Waals surface area contributed by atoms with Crippen molar-refractivity contribution in [1.29, 1.82) is 0 Å². The lowest BCUT2D eigenvalue weighted by Crippen LogP contribution is -2.44. The molecule has 0 radical (unpaired) electrons. The van der Waals surface area contributed by atoms with Crippen LogP contribution >= 0.6 is 24.0 Å². The lowest BCUT2D eigenvalue weighted by atomic mass is 10.0. The quantitative estimate of drug-likeness (QED) is 0.260. The Morgan fingerprint density at radius 1 is 1.00 bits per heavy atom. The van der Waals surface area contributed by atoms with Crippen molar-refractivity contribution in [2.24, 2.45) is 4.99 Å². The van der Waals surface area contributed by atoms with Gasteiger partial charge in [0, 0.05) is 26.1 Å². The van der Waals surface area contributed by atoms with Crippen molar-refractivity contribution >= 4 is 29.9 Å². The van der Waals surface area contributed by atoms with Crippen molar-refractivity contribution in [3.8, 4) is 5.75 Å². The van der Waals surface area contributed by atoms with Gasteiger partial charge in [0.15, 0.2) is 5.96 Å². The summed E-state index contributed by atoms with van der Waals surface area (Å²) in [5.74, 6) is 1.66. The lowest BCUT2D eigenvalue weighted by molar-refractivity contribution is 0.245. The highest BCUT2D eigenvalue weighted by molar-refractivity contribution is 14.0. The number of hydrogen-bond donors (Lipinski definition) is 3. The molecule has 0 amide bonds. The van der Waals surface area contributed by atoms with Gasteiger partial charge in [0.1, 0.15) is 5.75 Å². The number of nitrogens with zero attached hydrogens (tertiary/aromatic N) is 2. The van der Waals surface area contributed by atoms with Crippen LogP contribution in [-0.2, 0) is 0 Å². The van der Waals surface area contributed by atoms with Crippen LogP contribution in [0.1, 0.15) is 35.9 Å². The summed E-state index contributed by atoms with van der Waals surface area (Å²) in [7, 11) is 3.48. The first-order chi connectivity index (χ1) is 14.7. The van der Waals surface area contributed by atoms with Gasteiger partial charge in [-0.15, -0.1) is 24.0 Å². The minimum Gasteiger partial charge on any atom is -0.497 e. The Morgan fingerprint density at radius 3 is 2.23 bits per heavy atom. The van der Waals surface area contributed by atoms with Crippen LogP contribution in [0.15, 0.2) is 59.6 Å². The molecule has 0 saturated carbocycles. The van der Waals surface area contributed by atoms with E-state index in [0.29, 0.717) is 6.54 Å². The summed E-state index contributed by atoms with van der Waals surface area (Å²) in [6.45, 7) is 3.71. The predicted octanol–water partition coefficient (Wildman–Crippen LogP) is 3.39. The van der Waals surface area contributed by atoms with E-state index < -0.39 is 0 Å². The van der Waals surface area contributed by atoms with Crippen LogP contribution in [-0.4, -0.2) is 62.9 Å². The van der Waals surface area contributed by atoms with E-state index in [1.807, 2.05) is 42.5 Å². The highest BCUT2D eigenvalue weighted by Gasteiger charge is 2.24. The summed E-state index contributed by atoms with van der Waals surface area (Å²) in [5.41, 5.74) is 2.40. The van der Waals surface area contributed by atoms with Crippen molar-refractivity contribution in [1.82, 2.24) is 15.5 Å². The first kappa shape index (κ1) is 25.4. The van der Waals surface area contributed by atoms with E-state index in [-0.39, 0.29) is 42.5 Å². The number of aliphatic hydroxyl groups is 1. The third kappa shape index (κ3) is 7.36. The van der Waals surface area contributed by atoms with Crippen LogP contribution in [0, 0.1) is 0 Å². The summed E-state index contributed by atoms with van der Waals surface area (Å²) in [5, 5.41) is 16.7. The first-order valence-electron chi connectivity index (χ1n) is 10.7. The van der Waals surface area contributed by atoms with Gasteiger partial charge >= 0.3 is 0 Å². The minimum absolute atomic E-state index is 0. The van der Waals surface area contributed by atoms with E-state index >= 15 is 0 Å². The molecule has 0 bridgehead atoms. The van der Waals surface area contributed by atoms with Gasteiger partial charge in [-0.1, -0.05) is 42.5 Å². The Kier molecular flexibility index (Phi) is 11.1. The molecular formula is C24H35IN4O2. The highest BCUT2D eigenvalue weighted by atomic mass is 127. The largest absolute Gasteiger partial charge is 0.497 e. The molecular weight excluding hydrogens is 503 g/mol. The number of rotatable bonds is 9. The molecule has 1 fully saturated rings. The maximum Gasteiger partial charge on any atom is 0.191 e. The molecule has 0 spiro atoms. The molecule has 2 aromatic rings. The van der Waals surface area contributed by atoms with Gasteiger partial charge in [0.05, 0.1) is 19.8 Å². The third-order valence-electron chi connectivity index (χ3n) is 5.78. The Balaban J connectivity index is 0.00000341. The molecule has 3 rings (SSSR count). The van der Waals surface area contributed by atoms with Gasteiger partial charge < -0.3 is 20.5 Å². The fourth-order valence-corrected chi connectivity index (χ4v) is 3.98. The summed E-state index contributed by atoms with van der Waals surface area (Å²) >= 11 is 0. The predicted molar refractivity (Wildman–Crippen MR) is 138 cm³/mol. The Bertz CT molecular complexity index is 780. The molecule has 2 unspecified atom stereocenters. The van der Waals surface area contributed by atoms with Crippen LogP contribution in [0.4, 0.5) is 0 Å². The zero-order valence-corrected chi connectivity index (χ0v) is 20.8. The van der Waals surface area contributed by atoms with Gasteiger partial charge in [-0.05, 0) is 49.2 Å². The maximum atomic E-state index is 9.80. The van der Waals surface area contributed by atoms with Crippen molar-refractivity contribution < 1.29 is 9.84 Å². The molecule has 31 heavy (non-hydrogen) atoms. The molecule has 1 aliphatic rings. The summed E-state index contributed by atoms with van der Waals surface area (Å²) < 4.78 is 5.31. The van der Waals surface area contributed by atoms with Crippen LogP contribution in [0.2, 0.25) is 0 Å². The number of hydrogen-bond acceptors (Lipinski definition) is 4. The summed E-state index contributed by atoms with van der Waals surface area (Å²) in [6, 6.07) is 18.7. The van der Waals surface area contributed by atoms with Crippen LogP contribution in [0.3, 0.4) is 0 Å². The summed E-state index contributed by atoms with van der Waals surface area (Å²) in [6.07, 6.45) is 2.49. The van der Waals surface area contributed by atoms with Gasteiger partial charge in [-0.25, -0.2) is 0 Å². The molecule has 6 nitrogen and oxygen atoms in total. The number of guanidine groups is 1. The molecule has 2 aromatic carbocycles. The van der Waals surface area contributed by atoms with Crippen LogP contribution in [0.5, 0.6) is 5.75 Å². The number of halogens is 1.